The average molecular weight is 328 g/mol. The number of halogens is 1. The maximum absolute atomic E-state index is 13.0. The maximum Gasteiger partial charge on any atom is 0.187 e. The lowest BCUT2D eigenvalue weighted by molar-refractivity contribution is 0.466. The lowest BCUT2D eigenvalue weighted by Crippen LogP contribution is -1.96. The van der Waals surface area contributed by atoms with Gasteiger partial charge in [-0.1, -0.05) is 0 Å². The normalized spacial score (nSPS) is 10.8. The molecule has 0 unspecified atom stereocenters. The van der Waals surface area contributed by atoms with Gasteiger partial charge in [0.1, 0.15) is 11.6 Å². The number of benzene rings is 2. The van der Waals surface area contributed by atoms with Crippen LogP contribution < -0.4 is 5.32 Å². The lowest BCUT2D eigenvalue weighted by Gasteiger charge is -2.13. The van der Waals surface area contributed by atoms with E-state index in [1.807, 2.05) is 32.2 Å². The molecule has 118 valence electrons. The second kappa shape index (κ2) is 6.01. The van der Waals surface area contributed by atoms with Gasteiger partial charge in [0.15, 0.2) is 5.13 Å². The van der Waals surface area contributed by atoms with Gasteiger partial charge in [0, 0.05) is 16.6 Å². The van der Waals surface area contributed by atoms with Gasteiger partial charge < -0.3 is 10.4 Å². The molecule has 23 heavy (non-hydrogen) atoms. The molecule has 0 amide bonds. The molecule has 2 N–H and O–H groups in total. The van der Waals surface area contributed by atoms with Gasteiger partial charge in [-0.15, -0.1) is 11.3 Å². The molecule has 3 nitrogen and oxygen atoms in total. The molecular formula is C18H17FN2OS. The highest BCUT2D eigenvalue weighted by atomic mass is 32.1. The third-order valence-electron chi connectivity index (χ3n) is 3.94. The van der Waals surface area contributed by atoms with Gasteiger partial charge in [0.25, 0.3) is 0 Å². The number of nitrogens with zero attached hydrogens (tertiary/aromatic N) is 1. The number of hydrogen-bond donors (Lipinski definition) is 2. The molecule has 5 heteroatoms. The van der Waals surface area contributed by atoms with Crippen molar-refractivity contribution in [1.29, 1.82) is 0 Å². The summed E-state index contributed by atoms with van der Waals surface area (Å²) in [6, 6.07) is 8.20. The van der Waals surface area contributed by atoms with E-state index in [0.717, 1.165) is 38.8 Å². The second-order valence-corrected chi connectivity index (χ2v) is 6.37. The summed E-state index contributed by atoms with van der Waals surface area (Å²) in [4.78, 5) is 4.55. The van der Waals surface area contributed by atoms with E-state index in [1.165, 1.54) is 23.5 Å². The van der Waals surface area contributed by atoms with Crippen molar-refractivity contribution >= 4 is 22.2 Å². The van der Waals surface area contributed by atoms with Crippen molar-refractivity contribution in [1.82, 2.24) is 4.98 Å². The van der Waals surface area contributed by atoms with Crippen LogP contribution in [-0.2, 0) is 0 Å². The summed E-state index contributed by atoms with van der Waals surface area (Å²) >= 11 is 1.49. The van der Waals surface area contributed by atoms with E-state index >= 15 is 0 Å². The number of thiazole rings is 1. The highest BCUT2D eigenvalue weighted by molar-refractivity contribution is 7.14. The van der Waals surface area contributed by atoms with Crippen LogP contribution in [0.4, 0.5) is 15.2 Å². The standard InChI is InChI=1S/C18H17FN2OS/c1-10-8-15(11(2)12(3)17(10)22)20-18-21-16(9-23-18)13-4-6-14(19)7-5-13/h4-9,22H,1-3H3,(H,20,21). The minimum absolute atomic E-state index is 0.256. The average Bonchev–Trinajstić information content (AvgIpc) is 3.00. The fraction of sp³-hybridized carbons (Fsp3) is 0.167. The first-order valence-electron chi connectivity index (χ1n) is 7.24. The Morgan fingerprint density at radius 3 is 2.48 bits per heavy atom. The predicted molar refractivity (Wildman–Crippen MR) is 93.1 cm³/mol. The molecule has 1 aromatic heterocycles. The number of nitrogens with one attached hydrogen (secondary N) is 1. The fourth-order valence-corrected chi connectivity index (χ4v) is 3.13. The quantitative estimate of drug-likeness (QED) is 0.639. The van der Waals surface area contributed by atoms with Gasteiger partial charge in [-0.05, 0) is 67.8 Å². The summed E-state index contributed by atoms with van der Waals surface area (Å²) in [5.74, 6) is 0.0761. The zero-order valence-electron chi connectivity index (χ0n) is 13.1. The minimum atomic E-state index is -0.256. The summed E-state index contributed by atoms with van der Waals surface area (Å²) in [5.41, 5.74) is 5.30. The van der Waals surface area contributed by atoms with Crippen LogP contribution in [0.25, 0.3) is 11.3 Å². The van der Waals surface area contributed by atoms with Gasteiger partial charge in [0.2, 0.25) is 0 Å². The molecule has 2 aromatic carbocycles. The number of aromatic hydroxyl groups is 1. The van der Waals surface area contributed by atoms with Crippen LogP contribution in [0.1, 0.15) is 16.7 Å². The van der Waals surface area contributed by atoms with E-state index in [2.05, 4.69) is 10.3 Å². The van der Waals surface area contributed by atoms with Gasteiger partial charge in [0.05, 0.1) is 5.69 Å². The predicted octanol–water partition coefficient (Wildman–Crippen LogP) is 5.32. The molecule has 3 rings (SSSR count). The van der Waals surface area contributed by atoms with Crippen LogP contribution >= 0.6 is 11.3 Å². The molecule has 3 aromatic rings. The Kier molecular flexibility index (Phi) is 4.05. The van der Waals surface area contributed by atoms with Crippen molar-refractivity contribution < 1.29 is 9.50 Å². The first-order valence-corrected chi connectivity index (χ1v) is 8.12. The van der Waals surface area contributed by atoms with Crippen LogP contribution in [0.15, 0.2) is 35.7 Å². The Morgan fingerprint density at radius 1 is 1.09 bits per heavy atom. The first kappa shape index (κ1) is 15.5. The zero-order chi connectivity index (χ0) is 16.6. The molecular weight excluding hydrogens is 311 g/mol. The van der Waals surface area contributed by atoms with Crippen LogP contribution in [-0.4, -0.2) is 10.1 Å². The van der Waals surface area contributed by atoms with E-state index in [-0.39, 0.29) is 5.82 Å². The molecule has 0 saturated heterocycles. The maximum atomic E-state index is 13.0. The monoisotopic (exact) mass is 328 g/mol. The Balaban J connectivity index is 1.89. The van der Waals surface area contributed by atoms with E-state index in [0.29, 0.717) is 5.75 Å². The van der Waals surface area contributed by atoms with Crippen molar-refractivity contribution in [2.75, 3.05) is 5.32 Å². The van der Waals surface area contributed by atoms with Gasteiger partial charge in [-0.25, -0.2) is 9.37 Å². The van der Waals surface area contributed by atoms with E-state index in [1.54, 1.807) is 12.1 Å². The fourth-order valence-electron chi connectivity index (χ4n) is 2.40. The largest absolute Gasteiger partial charge is 0.507 e. The number of phenols is 1. The summed E-state index contributed by atoms with van der Waals surface area (Å²) in [6.45, 7) is 5.73. The number of phenolic OH excluding ortho intramolecular Hbond substituents is 1. The third-order valence-corrected chi connectivity index (χ3v) is 4.70. The summed E-state index contributed by atoms with van der Waals surface area (Å²) in [6.07, 6.45) is 0. The number of aryl methyl sites for hydroxylation is 1. The van der Waals surface area contributed by atoms with Crippen molar-refractivity contribution in [2.45, 2.75) is 20.8 Å². The van der Waals surface area contributed by atoms with E-state index in [9.17, 15) is 9.50 Å². The number of anilines is 2. The molecule has 0 fully saturated rings. The van der Waals surface area contributed by atoms with Crippen LogP contribution in [0.5, 0.6) is 5.75 Å². The summed E-state index contributed by atoms with van der Waals surface area (Å²) in [5, 5.41) is 16.0. The van der Waals surface area contributed by atoms with Gasteiger partial charge in [-0.2, -0.15) is 0 Å². The van der Waals surface area contributed by atoms with Crippen molar-refractivity contribution in [3.8, 4) is 17.0 Å². The highest BCUT2D eigenvalue weighted by Crippen LogP contribution is 2.34. The topological polar surface area (TPSA) is 45.2 Å². The van der Waals surface area contributed by atoms with E-state index in [4.69, 9.17) is 0 Å². The Morgan fingerprint density at radius 2 is 1.78 bits per heavy atom. The van der Waals surface area contributed by atoms with Crippen molar-refractivity contribution in [3.05, 3.63) is 58.2 Å². The van der Waals surface area contributed by atoms with Crippen LogP contribution in [0, 0.1) is 26.6 Å². The number of rotatable bonds is 3. The first-order chi connectivity index (χ1) is 11.0. The van der Waals surface area contributed by atoms with Gasteiger partial charge in [-0.3, -0.25) is 0 Å². The van der Waals surface area contributed by atoms with Crippen molar-refractivity contribution in [2.24, 2.45) is 0 Å². The molecule has 0 aliphatic heterocycles. The Labute approximate surface area is 138 Å². The van der Waals surface area contributed by atoms with Gasteiger partial charge >= 0.3 is 0 Å². The zero-order valence-corrected chi connectivity index (χ0v) is 14.0. The third kappa shape index (κ3) is 3.05. The SMILES string of the molecule is Cc1cc(Nc2nc(-c3ccc(F)cc3)cs2)c(C)c(C)c1O. The second-order valence-electron chi connectivity index (χ2n) is 5.51. The summed E-state index contributed by atoms with van der Waals surface area (Å²) in [7, 11) is 0. The molecule has 0 spiro atoms. The molecule has 1 heterocycles. The number of aromatic nitrogens is 1. The molecule has 0 saturated carbocycles. The number of hydrogen-bond acceptors (Lipinski definition) is 4. The molecule has 0 radical (unpaired) electrons. The Bertz CT molecular complexity index is 856. The minimum Gasteiger partial charge on any atom is -0.507 e. The highest BCUT2D eigenvalue weighted by Gasteiger charge is 2.11. The summed E-state index contributed by atoms with van der Waals surface area (Å²) < 4.78 is 13.0. The van der Waals surface area contributed by atoms with Crippen molar-refractivity contribution in [3.63, 3.8) is 0 Å². The molecule has 0 bridgehead atoms. The Hall–Kier alpha value is -2.40. The molecule has 0 aliphatic carbocycles. The smallest absolute Gasteiger partial charge is 0.187 e. The lowest BCUT2D eigenvalue weighted by atomic mass is 10.0. The van der Waals surface area contributed by atoms with Crippen LogP contribution in [0.3, 0.4) is 0 Å². The molecule has 0 atom stereocenters. The van der Waals surface area contributed by atoms with Crippen LogP contribution in [0.2, 0.25) is 0 Å². The molecule has 0 aliphatic rings. The van der Waals surface area contributed by atoms with E-state index < -0.39 is 0 Å².